The van der Waals surface area contributed by atoms with Gasteiger partial charge in [0.05, 0.1) is 0 Å². The van der Waals surface area contributed by atoms with Gasteiger partial charge in [-0.2, -0.15) is 0 Å². The van der Waals surface area contributed by atoms with Crippen LogP contribution in [0.3, 0.4) is 0 Å². The van der Waals surface area contributed by atoms with Gasteiger partial charge in [-0.1, -0.05) is 6.07 Å². The SMILES string of the molecule is Cc1cc(C)cc(OCC(O)CNC2CC2)c1. The van der Waals surface area contributed by atoms with Crippen molar-refractivity contribution in [2.75, 3.05) is 13.2 Å². The molecule has 3 nitrogen and oxygen atoms in total. The van der Waals surface area contributed by atoms with Crippen LogP contribution in [0, 0.1) is 13.8 Å². The Bertz CT molecular complexity index is 354. The van der Waals surface area contributed by atoms with Gasteiger partial charge in [0.25, 0.3) is 0 Å². The van der Waals surface area contributed by atoms with Crippen molar-refractivity contribution in [3.63, 3.8) is 0 Å². The number of nitrogens with one attached hydrogen (secondary N) is 1. The van der Waals surface area contributed by atoms with Gasteiger partial charge >= 0.3 is 0 Å². The number of ether oxygens (including phenoxy) is 1. The summed E-state index contributed by atoms with van der Waals surface area (Å²) < 4.78 is 5.59. The predicted molar refractivity (Wildman–Crippen MR) is 68.4 cm³/mol. The van der Waals surface area contributed by atoms with E-state index in [1.165, 1.54) is 24.0 Å². The zero-order chi connectivity index (χ0) is 12.3. The molecule has 1 aromatic carbocycles. The Morgan fingerprint density at radius 1 is 1.29 bits per heavy atom. The summed E-state index contributed by atoms with van der Waals surface area (Å²) >= 11 is 0. The maximum absolute atomic E-state index is 9.74. The van der Waals surface area contributed by atoms with Crippen LogP contribution in [0.1, 0.15) is 24.0 Å². The third kappa shape index (κ3) is 4.36. The van der Waals surface area contributed by atoms with Gasteiger partial charge < -0.3 is 15.2 Å². The molecule has 1 saturated carbocycles. The molecule has 17 heavy (non-hydrogen) atoms. The van der Waals surface area contributed by atoms with Crippen LogP contribution in [0.5, 0.6) is 5.75 Å². The predicted octanol–water partition coefficient (Wildman–Crippen LogP) is 1.80. The highest BCUT2D eigenvalue weighted by Gasteiger charge is 2.21. The minimum Gasteiger partial charge on any atom is -0.491 e. The average molecular weight is 235 g/mol. The number of hydrogen-bond acceptors (Lipinski definition) is 3. The average Bonchev–Trinajstić information content (AvgIpc) is 3.06. The van der Waals surface area contributed by atoms with E-state index in [0.717, 1.165) is 5.75 Å². The fourth-order valence-electron chi connectivity index (χ4n) is 1.86. The zero-order valence-electron chi connectivity index (χ0n) is 10.6. The molecule has 0 heterocycles. The van der Waals surface area contributed by atoms with E-state index in [-0.39, 0.29) is 0 Å². The van der Waals surface area contributed by atoms with Gasteiger partial charge in [0, 0.05) is 12.6 Å². The zero-order valence-corrected chi connectivity index (χ0v) is 10.6. The van der Waals surface area contributed by atoms with E-state index in [4.69, 9.17) is 4.74 Å². The quantitative estimate of drug-likeness (QED) is 0.790. The van der Waals surface area contributed by atoms with Crippen LogP contribution >= 0.6 is 0 Å². The van der Waals surface area contributed by atoms with Gasteiger partial charge in [-0.15, -0.1) is 0 Å². The lowest BCUT2D eigenvalue weighted by molar-refractivity contribution is 0.106. The van der Waals surface area contributed by atoms with Crippen LogP contribution in [0.4, 0.5) is 0 Å². The van der Waals surface area contributed by atoms with Gasteiger partial charge in [-0.3, -0.25) is 0 Å². The number of rotatable bonds is 6. The van der Waals surface area contributed by atoms with E-state index < -0.39 is 6.10 Å². The van der Waals surface area contributed by atoms with Crippen molar-refractivity contribution in [3.05, 3.63) is 29.3 Å². The van der Waals surface area contributed by atoms with Crippen molar-refractivity contribution < 1.29 is 9.84 Å². The smallest absolute Gasteiger partial charge is 0.119 e. The van der Waals surface area contributed by atoms with Gasteiger partial charge in [0.15, 0.2) is 0 Å². The molecule has 0 aliphatic heterocycles. The molecule has 1 aliphatic rings. The third-order valence-corrected chi connectivity index (χ3v) is 2.86. The van der Waals surface area contributed by atoms with Crippen molar-refractivity contribution >= 4 is 0 Å². The Hall–Kier alpha value is -1.06. The number of hydrogen-bond donors (Lipinski definition) is 2. The van der Waals surface area contributed by atoms with Gasteiger partial charge in [0.1, 0.15) is 18.5 Å². The first-order chi connectivity index (χ1) is 8.13. The molecule has 1 fully saturated rings. The molecular formula is C14H21NO2. The molecule has 0 amide bonds. The van der Waals surface area contributed by atoms with Crippen molar-refractivity contribution in [3.8, 4) is 5.75 Å². The molecule has 0 saturated heterocycles. The maximum Gasteiger partial charge on any atom is 0.119 e. The Morgan fingerprint density at radius 2 is 1.94 bits per heavy atom. The molecule has 2 rings (SSSR count). The summed E-state index contributed by atoms with van der Waals surface area (Å²) in [5.74, 6) is 0.841. The Morgan fingerprint density at radius 3 is 2.53 bits per heavy atom. The molecule has 2 N–H and O–H groups in total. The van der Waals surface area contributed by atoms with Gasteiger partial charge in [-0.05, 0) is 49.9 Å². The number of aryl methyl sites for hydroxylation is 2. The second-order valence-electron chi connectivity index (χ2n) is 4.97. The molecule has 1 aliphatic carbocycles. The normalized spacial score (nSPS) is 16.9. The third-order valence-electron chi connectivity index (χ3n) is 2.86. The summed E-state index contributed by atoms with van der Waals surface area (Å²) in [7, 11) is 0. The highest BCUT2D eigenvalue weighted by molar-refractivity contribution is 5.32. The second-order valence-corrected chi connectivity index (χ2v) is 4.97. The lowest BCUT2D eigenvalue weighted by Gasteiger charge is -2.13. The largest absolute Gasteiger partial charge is 0.491 e. The standard InChI is InChI=1S/C14H21NO2/c1-10-5-11(2)7-14(6-10)17-9-13(16)8-15-12-3-4-12/h5-7,12-13,15-16H,3-4,8-9H2,1-2H3. The van der Waals surface area contributed by atoms with Crippen molar-refractivity contribution in [1.82, 2.24) is 5.32 Å². The minimum absolute atomic E-state index is 0.350. The van der Waals surface area contributed by atoms with Crippen LogP contribution in [0.15, 0.2) is 18.2 Å². The second kappa shape index (κ2) is 5.52. The first-order valence-electron chi connectivity index (χ1n) is 6.26. The van der Waals surface area contributed by atoms with E-state index >= 15 is 0 Å². The van der Waals surface area contributed by atoms with Gasteiger partial charge in [0.2, 0.25) is 0 Å². The molecule has 94 valence electrons. The molecule has 0 bridgehead atoms. The fourth-order valence-corrected chi connectivity index (χ4v) is 1.86. The molecule has 1 aromatic rings. The summed E-state index contributed by atoms with van der Waals surface area (Å²) in [6, 6.07) is 6.73. The Kier molecular flexibility index (Phi) is 4.02. The number of benzene rings is 1. The van der Waals surface area contributed by atoms with E-state index in [1.54, 1.807) is 0 Å². The summed E-state index contributed by atoms with van der Waals surface area (Å²) in [6.45, 7) is 5.06. The highest BCUT2D eigenvalue weighted by atomic mass is 16.5. The topological polar surface area (TPSA) is 41.5 Å². The lowest BCUT2D eigenvalue weighted by atomic mass is 10.1. The molecule has 0 spiro atoms. The van der Waals surface area contributed by atoms with Gasteiger partial charge in [-0.25, -0.2) is 0 Å². The summed E-state index contributed by atoms with van der Waals surface area (Å²) in [5.41, 5.74) is 2.37. The maximum atomic E-state index is 9.74. The number of aliphatic hydroxyl groups excluding tert-OH is 1. The summed E-state index contributed by atoms with van der Waals surface area (Å²) in [4.78, 5) is 0. The Balaban J connectivity index is 1.75. The van der Waals surface area contributed by atoms with E-state index in [9.17, 15) is 5.11 Å². The van der Waals surface area contributed by atoms with Crippen molar-refractivity contribution in [1.29, 1.82) is 0 Å². The summed E-state index contributed by atoms with van der Waals surface area (Å²) in [6.07, 6.45) is 2.05. The summed E-state index contributed by atoms with van der Waals surface area (Å²) in [5, 5.41) is 13.0. The first kappa shape index (κ1) is 12.4. The molecule has 0 radical (unpaired) electrons. The molecule has 1 unspecified atom stereocenters. The monoisotopic (exact) mass is 235 g/mol. The van der Waals surface area contributed by atoms with E-state index in [0.29, 0.717) is 19.2 Å². The van der Waals surface area contributed by atoms with Crippen LogP contribution < -0.4 is 10.1 Å². The van der Waals surface area contributed by atoms with Crippen LogP contribution in [0.25, 0.3) is 0 Å². The fraction of sp³-hybridized carbons (Fsp3) is 0.571. The first-order valence-corrected chi connectivity index (χ1v) is 6.26. The molecular weight excluding hydrogens is 214 g/mol. The molecule has 0 aromatic heterocycles. The molecule has 3 heteroatoms. The van der Waals surface area contributed by atoms with E-state index in [2.05, 4.69) is 11.4 Å². The minimum atomic E-state index is -0.434. The lowest BCUT2D eigenvalue weighted by Crippen LogP contribution is -2.32. The van der Waals surface area contributed by atoms with E-state index in [1.807, 2.05) is 26.0 Å². The van der Waals surface area contributed by atoms with Crippen molar-refractivity contribution in [2.24, 2.45) is 0 Å². The number of aliphatic hydroxyl groups is 1. The molecule has 1 atom stereocenters. The van der Waals surface area contributed by atoms with Crippen LogP contribution in [-0.4, -0.2) is 30.4 Å². The Labute approximate surface area is 103 Å². The van der Waals surface area contributed by atoms with Crippen LogP contribution in [-0.2, 0) is 0 Å². The van der Waals surface area contributed by atoms with Crippen molar-refractivity contribution in [2.45, 2.75) is 38.8 Å². The highest BCUT2D eigenvalue weighted by Crippen LogP contribution is 2.18. The van der Waals surface area contributed by atoms with Crippen LogP contribution in [0.2, 0.25) is 0 Å².